The number of hydrogen-bond acceptors (Lipinski definition) is 7. The van der Waals surface area contributed by atoms with Crippen LogP contribution in [0.2, 0.25) is 0 Å². The molecule has 0 fully saturated rings. The highest BCUT2D eigenvalue weighted by Gasteiger charge is 2.15. The first kappa shape index (κ1) is 14.0. The zero-order valence-corrected chi connectivity index (χ0v) is 12.7. The van der Waals surface area contributed by atoms with Gasteiger partial charge in [0.25, 0.3) is 5.89 Å². The van der Waals surface area contributed by atoms with Crippen LogP contribution >= 0.6 is 23.1 Å². The van der Waals surface area contributed by atoms with Gasteiger partial charge in [-0.3, -0.25) is 0 Å². The maximum atomic E-state index is 12.8. The standard InChI is InChI=1S/C13H11FN4OS2/c1-7-11(21-13(15)16-7)12-17-10(18-19-12)6-20-9-4-2-8(14)3-5-9/h2-5H,6H2,1H3,(H2,15,16). The van der Waals surface area contributed by atoms with E-state index in [1.165, 1.54) is 35.2 Å². The molecule has 0 saturated carbocycles. The third kappa shape index (κ3) is 3.22. The molecule has 8 heteroatoms. The van der Waals surface area contributed by atoms with E-state index in [-0.39, 0.29) is 5.82 Å². The Morgan fingerprint density at radius 1 is 1.29 bits per heavy atom. The maximum Gasteiger partial charge on any atom is 0.270 e. The molecule has 0 unspecified atom stereocenters. The summed E-state index contributed by atoms with van der Waals surface area (Å²) in [4.78, 5) is 10.2. The summed E-state index contributed by atoms with van der Waals surface area (Å²) < 4.78 is 18.0. The van der Waals surface area contributed by atoms with Crippen molar-refractivity contribution in [1.82, 2.24) is 15.1 Å². The number of nitrogens with two attached hydrogens (primary N) is 1. The van der Waals surface area contributed by atoms with Crippen molar-refractivity contribution < 1.29 is 8.91 Å². The minimum Gasteiger partial charge on any atom is -0.375 e. The second-order valence-electron chi connectivity index (χ2n) is 4.22. The quantitative estimate of drug-likeness (QED) is 0.741. The summed E-state index contributed by atoms with van der Waals surface area (Å²) in [6.45, 7) is 1.85. The van der Waals surface area contributed by atoms with E-state index in [2.05, 4.69) is 15.1 Å². The molecule has 2 heterocycles. The van der Waals surface area contributed by atoms with Crippen LogP contribution in [0.15, 0.2) is 33.7 Å². The summed E-state index contributed by atoms with van der Waals surface area (Å²) in [6, 6.07) is 6.28. The number of nitrogen functional groups attached to an aromatic ring is 1. The number of anilines is 1. The Bertz CT molecular complexity index is 754. The van der Waals surface area contributed by atoms with Gasteiger partial charge in [-0.15, -0.1) is 11.8 Å². The number of aryl methyl sites for hydroxylation is 1. The van der Waals surface area contributed by atoms with Crippen LogP contribution in [0.4, 0.5) is 9.52 Å². The lowest BCUT2D eigenvalue weighted by atomic mass is 10.4. The van der Waals surface area contributed by atoms with Gasteiger partial charge in [-0.1, -0.05) is 16.5 Å². The summed E-state index contributed by atoms with van der Waals surface area (Å²) in [7, 11) is 0. The zero-order valence-electron chi connectivity index (χ0n) is 11.0. The Kier molecular flexibility index (Phi) is 3.89. The van der Waals surface area contributed by atoms with Crippen LogP contribution in [-0.4, -0.2) is 15.1 Å². The van der Waals surface area contributed by atoms with E-state index in [0.717, 1.165) is 15.5 Å². The number of thioether (sulfide) groups is 1. The average molecular weight is 322 g/mol. The van der Waals surface area contributed by atoms with Crippen molar-refractivity contribution >= 4 is 28.2 Å². The highest BCUT2D eigenvalue weighted by molar-refractivity contribution is 7.98. The van der Waals surface area contributed by atoms with E-state index in [1.807, 2.05) is 6.92 Å². The summed E-state index contributed by atoms with van der Waals surface area (Å²) in [6.07, 6.45) is 0. The van der Waals surface area contributed by atoms with Crippen molar-refractivity contribution in [2.24, 2.45) is 0 Å². The molecule has 0 bridgehead atoms. The van der Waals surface area contributed by atoms with Gasteiger partial charge in [0.1, 0.15) is 10.7 Å². The summed E-state index contributed by atoms with van der Waals surface area (Å²) >= 11 is 2.83. The molecule has 3 rings (SSSR count). The van der Waals surface area contributed by atoms with E-state index in [9.17, 15) is 4.39 Å². The molecule has 5 nitrogen and oxygen atoms in total. The number of nitrogens with zero attached hydrogens (tertiary/aromatic N) is 3. The lowest BCUT2D eigenvalue weighted by Gasteiger charge is -1.97. The predicted molar refractivity (Wildman–Crippen MR) is 80.5 cm³/mol. The molecule has 3 aromatic rings. The van der Waals surface area contributed by atoms with Gasteiger partial charge >= 0.3 is 0 Å². The SMILES string of the molecule is Cc1nc(N)sc1-c1nc(CSc2ccc(F)cc2)no1. The van der Waals surface area contributed by atoms with Gasteiger partial charge < -0.3 is 10.3 Å². The topological polar surface area (TPSA) is 77.8 Å². The zero-order chi connectivity index (χ0) is 14.8. The number of benzene rings is 1. The van der Waals surface area contributed by atoms with Gasteiger partial charge in [-0.05, 0) is 31.2 Å². The molecule has 0 spiro atoms. The van der Waals surface area contributed by atoms with Gasteiger partial charge in [-0.2, -0.15) is 4.98 Å². The maximum absolute atomic E-state index is 12.8. The number of thiazole rings is 1. The fraction of sp³-hybridized carbons (Fsp3) is 0.154. The number of hydrogen-bond donors (Lipinski definition) is 1. The molecule has 0 atom stereocenters. The van der Waals surface area contributed by atoms with Crippen LogP contribution < -0.4 is 5.73 Å². The minimum absolute atomic E-state index is 0.251. The molecule has 108 valence electrons. The van der Waals surface area contributed by atoms with Crippen LogP contribution in [-0.2, 0) is 5.75 Å². The van der Waals surface area contributed by atoms with Crippen molar-refractivity contribution in [3.63, 3.8) is 0 Å². The number of rotatable bonds is 4. The Balaban J connectivity index is 1.70. The van der Waals surface area contributed by atoms with E-state index >= 15 is 0 Å². The van der Waals surface area contributed by atoms with Crippen LogP contribution in [0.1, 0.15) is 11.5 Å². The molecule has 0 saturated heterocycles. The molecule has 2 aromatic heterocycles. The Morgan fingerprint density at radius 3 is 2.71 bits per heavy atom. The van der Waals surface area contributed by atoms with Gasteiger partial charge in [0, 0.05) is 4.90 Å². The van der Waals surface area contributed by atoms with Crippen LogP contribution in [0, 0.1) is 12.7 Å². The first-order chi connectivity index (χ1) is 10.1. The van der Waals surface area contributed by atoms with Gasteiger partial charge in [-0.25, -0.2) is 9.37 Å². The summed E-state index contributed by atoms with van der Waals surface area (Å²) in [5, 5.41) is 4.41. The Hall–Kier alpha value is -1.93. The van der Waals surface area contributed by atoms with Crippen molar-refractivity contribution in [3.05, 3.63) is 41.6 Å². The van der Waals surface area contributed by atoms with Crippen molar-refractivity contribution in [2.45, 2.75) is 17.6 Å². The molecule has 21 heavy (non-hydrogen) atoms. The largest absolute Gasteiger partial charge is 0.375 e. The molecular formula is C13H11FN4OS2. The van der Waals surface area contributed by atoms with Gasteiger partial charge in [0.05, 0.1) is 11.4 Å². The van der Waals surface area contributed by atoms with E-state index in [0.29, 0.717) is 22.6 Å². The molecule has 0 amide bonds. The van der Waals surface area contributed by atoms with Crippen LogP contribution in [0.3, 0.4) is 0 Å². The summed E-state index contributed by atoms with van der Waals surface area (Å²) in [5.74, 6) is 1.30. The molecule has 0 aliphatic heterocycles. The highest BCUT2D eigenvalue weighted by atomic mass is 32.2. The Morgan fingerprint density at radius 2 is 2.05 bits per heavy atom. The lowest BCUT2D eigenvalue weighted by Crippen LogP contribution is -1.84. The second kappa shape index (κ2) is 5.82. The first-order valence-corrected chi connectivity index (χ1v) is 7.86. The molecule has 1 aromatic carbocycles. The highest BCUT2D eigenvalue weighted by Crippen LogP contribution is 2.30. The summed E-state index contributed by atoms with van der Waals surface area (Å²) in [5.41, 5.74) is 6.43. The second-order valence-corrected chi connectivity index (χ2v) is 6.30. The van der Waals surface area contributed by atoms with E-state index < -0.39 is 0 Å². The normalized spacial score (nSPS) is 11.0. The molecule has 0 aliphatic rings. The predicted octanol–water partition coefficient (Wildman–Crippen LogP) is 3.52. The van der Waals surface area contributed by atoms with E-state index in [1.54, 1.807) is 12.1 Å². The first-order valence-electron chi connectivity index (χ1n) is 6.06. The van der Waals surface area contributed by atoms with Crippen LogP contribution in [0.5, 0.6) is 0 Å². The fourth-order valence-corrected chi connectivity index (χ4v) is 3.20. The van der Waals surface area contributed by atoms with Gasteiger partial charge in [0.15, 0.2) is 11.0 Å². The molecule has 0 aliphatic carbocycles. The molecular weight excluding hydrogens is 311 g/mol. The minimum atomic E-state index is -0.251. The van der Waals surface area contributed by atoms with Crippen molar-refractivity contribution in [1.29, 1.82) is 0 Å². The third-order valence-corrected chi connectivity index (χ3v) is 4.64. The van der Waals surface area contributed by atoms with Crippen LogP contribution in [0.25, 0.3) is 10.8 Å². The number of aromatic nitrogens is 3. The monoisotopic (exact) mass is 322 g/mol. The fourth-order valence-electron chi connectivity index (χ4n) is 1.70. The average Bonchev–Trinajstić information content (AvgIpc) is 3.04. The molecule has 0 radical (unpaired) electrons. The lowest BCUT2D eigenvalue weighted by molar-refractivity contribution is 0.425. The van der Waals surface area contributed by atoms with Gasteiger partial charge in [0.2, 0.25) is 0 Å². The molecule has 2 N–H and O–H groups in total. The smallest absolute Gasteiger partial charge is 0.270 e. The number of halogens is 1. The van der Waals surface area contributed by atoms with Crippen molar-refractivity contribution in [3.8, 4) is 10.8 Å². The van der Waals surface area contributed by atoms with Crippen molar-refractivity contribution in [2.75, 3.05) is 5.73 Å². The Labute approximate surface area is 128 Å². The van der Waals surface area contributed by atoms with E-state index in [4.69, 9.17) is 10.3 Å². The third-order valence-electron chi connectivity index (χ3n) is 2.66.